The molecule has 0 aromatic heterocycles. The van der Waals surface area contributed by atoms with E-state index < -0.39 is 11.5 Å². The van der Waals surface area contributed by atoms with Gasteiger partial charge in [-0.2, -0.15) is 0 Å². The van der Waals surface area contributed by atoms with Gasteiger partial charge >= 0.3 is 5.97 Å². The SMILES string of the molecule is CCC(CC)N(CCOC)CCC(C)(N)C(=O)O. The number of nitrogens with zero attached hydrogens (tertiary/aromatic N) is 1. The molecular formula is C13H28N2O3. The van der Waals surface area contributed by atoms with Gasteiger partial charge in [0.05, 0.1) is 6.61 Å². The van der Waals surface area contributed by atoms with Gasteiger partial charge in [-0.25, -0.2) is 0 Å². The number of nitrogens with two attached hydrogens (primary N) is 1. The largest absolute Gasteiger partial charge is 0.480 e. The van der Waals surface area contributed by atoms with Gasteiger partial charge in [-0.1, -0.05) is 13.8 Å². The zero-order valence-electron chi connectivity index (χ0n) is 12.1. The molecule has 108 valence electrons. The van der Waals surface area contributed by atoms with Crippen LogP contribution in [0.1, 0.15) is 40.0 Å². The second kappa shape index (κ2) is 8.45. The molecule has 18 heavy (non-hydrogen) atoms. The van der Waals surface area contributed by atoms with Crippen LogP contribution in [-0.4, -0.2) is 54.4 Å². The van der Waals surface area contributed by atoms with Crippen LogP contribution in [0.15, 0.2) is 0 Å². The zero-order chi connectivity index (χ0) is 14.2. The molecule has 5 nitrogen and oxygen atoms in total. The maximum Gasteiger partial charge on any atom is 0.323 e. The number of hydrogen-bond donors (Lipinski definition) is 2. The van der Waals surface area contributed by atoms with Crippen LogP contribution in [-0.2, 0) is 9.53 Å². The lowest BCUT2D eigenvalue weighted by Crippen LogP contribution is -2.49. The molecule has 0 saturated heterocycles. The highest BCUT2D eigenvalue weighted by Crippen LogP contribution is 2.13. The van der Waals surface area contributed by atoms with E-state index in [4.69, 9.17) is 15.6 Å². The van der Waals surface area contributed by atoms with Crippen LogP contribution in [0.3, 0.4) is 0 Å². The van der Waals surface area contributed by atoms with E-state index in [2.05, 4.69) is 18.7 Å². The average molecular weight is 260 g/mol. The van der Waals surface area contributed by atoms with Crippen molar-refractivity contribution in [2.45, 2.75) is 51.6 Å². The summed E-state index contributed by atoms with van der Waals surface area (Å²) in [5, 5.41) is 9.02. The fraction of sp³-hybridized carbons (Fsp3) is 0.923. The van der Waals surface area contributed by atoms with E-state index in [1.165, 1.54) is 0 Å². The van der Waals surface area contributed by atoms with E-state index >= 15 is 0 Å². The van der Waals surface area contributed by atoms with Crippen LogP contribution < -0.4 is 5.73 Å². The Kier molecular flexibility index (Phi) is 8.15. The Morgan fingerprint density at radius 2 is 1.94 bits per heavy atom. The molecule has 0 aromatic rings. The first kappa shape index (κ1) is 17.4. The summed E-state index contributed by atoms with van der Waals surface area (Å²) in [6.07, 6.45) is 2.55. The maximum atomic E-state index is 11.0. The Morgan fingerprint density at radius 3 is 2.33 bits per heavy atom. The minimum absolute atomic E-state index is 0.447. The van der Waals surface area contributed by atoms with Crippen molar-refractivity contribution in [1.82, 2.24) is 4.90 Å². The van der Waals surface area contributed by atoms with Gasteiger partial charge in [0.15, 0.2) is 0 Å². The van der Waals surface area contributed by atoms with E-state index in [0.29, 0.717) is 25.6 Å². The van der Waals surface area contributed by atoms with Gasteiger partial charge < -0.3 is 15.6 Å². The average Bonchev–Trinajstić information content (AvgIpc) is 2.32. The summed E-state index contributed by atoms with van der Waals surface area (Å²) in [6.45, 7) is 8.02. The number of methoxy groups -OCH3 is 1. The molecule has 0 amide bonds. The lowest BCUT2D eigenvalue weighted by atomic mass is 9.98. The third-order valence-electron chi connectivity index (χ3n) is 3.45. The third-order valence-corrected chi connectivity index (χ3v) is 3.45. The predicted octanol–water partition coefficient (Wildman–Crippen LogP) is 1.32. The van der Waals surface area contributed by atoms with E-state index in [1.807, 2.05) is 0 Å². The van der Waals surface area contributed by atoms with Crippen LogP contribution in [0.25, 0.3) is 0 Å². The normalized spacial score (nSPS) is 15.1. The smallest absolute Gasteiger partial charge is 0.323 e. The van der Waals surface area contributed by atoms with Gasteiger partial charge in [0.1, 0.15) is 5.54 Å². The molecule has 0 spiro atoms. The number of carboxylic acids is 1. The summed E-state index contributed by atoms with van der Waals surface area (Å²) in [5.41, 5.74) is 4.61. The van der Waals surface area contributed by atoms with Crippen molar-refractivity contribution in [3.05, 3.63) is 0 Å². The first-order valence-electron chi connectivity index (χ1n) is 6.64. The molecule has 0 radical (unpaired) electrons. The number of carbonyl (C=O) groups is 1. The summed E-state index contributed by atoms with van der Waals surface area (Å²) in [6, 6.07) is 0.463. The Balaban J connectivity index is 4.44. The fourth-order valence-electron chi connectivity index (χ4n) is 1.97. The van der Waals surface area contributed by atoms with Crippen molar-refractivity contribution in [2.75, 3.05) is 26.8 Å². The Labute approximate surface area is 110 Å². The van der Waals surface area contributed by atoms with E-state index in [0.717, 1.165) is 19.4 Å². The van der Waals surface area contributed by atoms with Crippen molar-refractivity contribution in [2.24, 2.45) is 5.73 Å². The summed E-state index contributed by atoms with van der Waals surface area (Å²) < 4.78 is 5.10. The highest BCUT2D eigenvalue weighted by atomic mass is 16.5. The van der Waals surface area contributed by atoms with Crippen LogP contribution in [0.4, 0.5) is 0 Å². The van der Waals surface area contributed by atoms with Crippen LogP contribution >= 0.6 is 0 Å². The standard InChI is InChI=1S/C13H28N2O3/c1-5-11(6-2)15(9-10-18-4)8-7-13(3,14)12(16)17/h11H,5-10,14H2,1-4H3,(H,16,17). The van der Waals surface area contributed by atoms with Crippen molar-refractivity contribution in [1.29, 1.82) is 0 Å². The molecule has 0 bridgehead atoms. The summed E-state index contributed by atoms with van der Waals surface area (Å²) >= 11 is 0. The lowest BCUT2D eigenvalue weighted by molar-refractivity contribution is -0.143. The Morgan fingerprint density at radius 1 is 1.39 bits per heavy atom. The monoisotopic (exact) mass is 260 g/mol. The molecule has 0 rings (SSSR count). The Bertz CT molecular complexity index is 240. The summed E-state index contributed by atoms with van der Waals surface area (Å²) in [5.74, 6) is -0.946. The maximum absolute atomic E-state index is 11.0. The molecule has 0 aliphatic rings. The number of rotatable bonds is 10. The molecular weight excluding hydrogens is 232 g/mol. The summed E-state index contributed by atoms with van der Waals surface area (Å²) in [4.78, 5) is 13.3. The van der Waals surface area contributed by atoms with Gasteiger partial charge in [-0.15, -0.1) is 0 Å². The molecule has 0 fully saturated rings. The number of hydrogen-bond acceptors (Lipinski definition) is 4. The third kappa shape index (κ3) is 5.80. The van der Waals surface area contributed by atoms with Gasteiger partial charge in [0.25, 0.3) is 0 Å². The molecule has 0 heterocycles. The molecule has 0 aliphatic heterocycles. The number of aliphatic carboxylic acids is 1. The zero-order valence-corrected chi connectivity index (χ0v) is 12.1. The fourth-order valence-corrected chi connectivity index (χ4v) is 1.97. The molecule has 1 atom stereocenters. The van der Waals surface area contributed by atoms with Crippen LogP contribution in [0.2, 0.25) is 0 Å². The quantitative estimate of drug-likeness (QED) is 0.619. The first-order chi connectivity index (χ1) is 8.38. The molecule has 0 aliphatic carbocycles. The number of carboxylic acid groups (broad SMARTS) is 1. The number of ether oxygens (including phenoxy) is 1. The second-order valence-corrected chi connectivity index (χ2v) is 4.97. The molecule has 5 heteroatoms. The van der Waals surface area contributed by atoms with Gasteiger partial charge in [-0.05, 0) is 26.2 Å². The van der Waals surface area contributed by atoms with E-state index in [-0.39, 0.29) is 0 Å². The molecule has 3 N–H and O–H groups in total. The van der Waals surface area contributed by atoms with Crippen molar-refractivity contribution < 1.29 is 14.6 Å². The van der Waals surface area contributed by atoms with E-state index in [1.54, 1.807) is 14.0 Å². The van der Waals surface area contributed by atoms with Crippen molar-refractivity contribution in [3.8, 4) is 0 Å². The minimum atomic E-state index is -1.16. The van der Waals surface area contributed by atoms with Gasteiger partial charge in [-0.3, -0.25) is 9.69 Å². The van der Waals surface area contributed by atoms with Crippen molar-refractivity contribution in [3.63, 3.8) is 0 Å². The van der Waals surface area contributed by atoms with Gasteiger partial charge in [0, 0.05) is 26.2 Å². The van der Waals surface area contributed by atoms with Crippen LogP contribution in [0, 0.1) is 0 Å². The highest BCUT2D eigenvalue weighted by Gasteiger charge is 2.29. The second-order valence-electron chi connectivity index (χ2n) is 4.97. The minimum Gasteiger partial charge on any atom is -0.480 e. The van der Waals surface area contributed by atoms with Crippen molar-refractivity contribution >= 4 is 5.97 Å². The summed E-state index contributed by atoms with van der Waals surface area (Å²) in [7, 11) is 1.68. The molecule has 0 aromatic carbocycles. The first-order valence-corrected chi connectivity index (χ1v) is 6.64. The van der Waals surface area contributed by atoms with Gasteiger partial charge in [0.2, 0.25) is 0 Å². The van der Waals surface area contributed by atoms with Crippen LogP contribution in [0.5, 0.6) is 0 Å². The lowest BCUT2D eigenvalue weighted by Gasteiger charge is -2.32. The molecule has 1 unspecified atom stereocenters. The Hall–Kier alpha value is -0.650. The predicted molar refractivity (Wildman–Crippen MR) is 72.7 cm³/mol. The highest BCUT2D eigenvalue weighted by molar-refractivity contribution is 5.77. The molecule has 0 saturated carbocycles. The topological polar surface area (TPSA) is 75.8 Å². The van der Waals surface area contributed by atoms with E-state index in [9.17, 15) is 4.79 Å².